The van der Waals surface area contributed by atoms with E-state index in [1.54, 1.807) is 29.1 Å². The van der Waals surface area contributed by atoms with Gasteiger partial charge in [0, 0.05) is 23.6 Å². The fraction of sp³-hybridized carbons (Fsp3) is 0.310. The number of hydrogen-bond acceptors (Lipinski definition) is 8. The van der Waals surface area contributed by atoms with E-state index in [0.717, 1.165) is 17.4 Å². The molecule has 1 aliphatic rings. The van der Waals surface area contributed by atoms with Crippen molar-refractivity contribution < 1.29 is 18.3 Å². The number of halogens is 1. The van der Waals surface area contributed by atoms with Gasteiger partial charge in [0.2, 0.25) is 6.79 Å². The average Bonchev–Trinajstić information content (AvgIpc) is 3.72. The molecule has 1 unspecified atom stereocenters. The molecule has 5 aromatic rings. The minimum absolute atomic E-state index is 0.126. The zero-order chi connectivity index (χ0) is 27.9. The number of tetrazole rings is 1. The minimum atomic E-state index is -0.686. The van der Waals surface area contributed by atoms with Crippen LogP contribution in [0.15, 0.2) is 70.1 Å². The Hall–Kier alpha value is -4.51. The number of H-pyrrole nitrogens is 1. The van der Waals surface area contributed by atoms with Crippen LogP contribution in [0.25, 0.3) is 10.9 Å². The Morgan fingerprint density at radius 3 is 2.60 bits per heavy atom. The smallest absolute Gasteiger partial charge is 0.253 e. The number of nitrogens with one attached hydrogen (secondary N) is 1. The molecule has 4 heterocycles. The van der Waals surface area contributed by atoms with E-state index in [4.69, 9.17) is 13.9 Å². The van der Waals surface area contributed by atoms with Crippen molar-refractivity contribution in [2.24, 2.45) is 0 Å². The van der Waals surface area contributed by atoms with Crippen molar-refractivity contribution in [3.63, 3.8) is 0 Å². The maximum absolute atomic E-state index is 13.8. The van der Waals surface area contributed by atoms with Gasteiger partial charge in [-0.25, -0.2) is 9.07 Å². The average molecular weight is 545 g/mol. The zero-order valence-corrected chi connectivity index (χ0v) is 22.4. The van der Waals surface area contributed by atoms with Gasteiger partial charge in [0.05, 0.1) is 23.9 Å². The molecule has 3 aromatic heterocycles. The molecule has 11 heteroatoms. The number of aromatic amines is 1. The van der Waals surface area contributed by atoms with E-state index in [2.05, 4.69) is 32.3 Å². The fourth-order valence-corrected chi connectivity index (χ4v) is 4.93. The Morgan fingerprint density at radius 2 is 1.88 bits per heavy atom. The van der Waals surface area contributed by atoms with Crippen LogP contribution in [0.4, 0.5) is 4.39 Å². The Labute approximate surface area is 229 Å². The number of fused-ring (bicyclic) bond motifs is 2. The van der Waals surface area contributed by atoms with E-state index in [0.29, 0.717) is 47.3 Å². The second-order valence-electron chi connectivity index (χ2n) is 10.5. The predicted molar refractivity (Wildman–Crippen MR) is 144 cm³/mol. The van der Waals surface area contributed by atoms with Gasteiger partial charge in [0.1, 0.15) is 17.6 Å². The summed E-state index contributed by atoms with van der Waals surface area (Å²) >= 11 is 0. The maximum Gasteiger partial charge on any atom is 0.253 e. The van der Waals surface area contributed by atoms with Gasteiger partial charge in [-0.05, 0) is 72.7 Å². The van der Waals surface area contributed by atoms with Gasteiger partial charge in [0.25, 0.3) is 5.56 Å². The molecule has 40 heavy (non-hydrogen) atoms. The molecule has 0 saturated heterocycles. The van der Waals surface area contributed by atoms with Crippen LogP contribution in [-0.4, -0.2) is 36.9 Å². The van der Waals surface area contributed by atoms with E-state index in [1.807, 2.05) is 38.1 Å². The van der Waals surface area contributed by atoms with E-state index >= 15 is 0 Å². The van der Waals surface area contributed by atoms with Gasteiger partial charge in [-0.3, -0.25) is 9.69 Å². The molecular weight excluding hydrogens is 515 g/mol. The van der Waals surface area contributed by atoms with Gasteiger partial charge in [-0.15, -0.1) is 5.10 Å². The number of nitrogens with zero attached hydrogens (tertiary/aromatic N) is 5. The van der Waals surface area contributed by atoms with Crippen LogP contribution in [0.1, 0.15) is 55.9 Å². The molecule has 2 aromatic carbocycles. The summed E-state index contributed by atoms with van der Waals surface area (Å²) in [6.07, 6.45) is 2.36. The first-order valence-corrected chi connectivity index (χ1v) is 13.1. The van der Waals surface area contributed by atoms with Crippen molar-refractivity contribution in [3.8, 4) is 11.5 Å². The molecule has 1 aliphatic heterocycles. The van der Waals surface area contributed by atoms with Crippen molar-refractivity contribution in [3.05, 3.63) is 99.7 Å². The van der Waals surface area contributed by atoms with Gasteiger partial charge >= 0.3 is 0 Å². The third-order valence-corrected chi connectivity index (χ3v) is 7.44. The third-order valence-electron chi connectivity index (χ3n) is 7.44. The fourth-order valence-electron chi connectivity index (χ4n) is 4.93. The second-order valence-corrected chi connectivity index (χ2v) is 10.5. The molecule has 0 amide bonds. The third kappa shape index (κ3) is 4.84. The molecule has 0 fully saturated rings. The molecule has 1 N–H and O–H groups in total. The molecule has 0 bridgehead atoms. The Morgan fingerprint density at radius 1 is 1.10 bits per heavy atom. The first-order valence-electron chi connectivity index (χ1n) is 13.1. The minimum Gasteiger partial charge on any atom is -0.468 e. The zero-order valence-electron chi connectivity index (χ0n) is 22.4. The van der Waals surface area contributed by atoms with Gasteiger partial charge in [-0.1, -0.05) is 19.1 Å². The van der Waals surface area contributed by atoms with E-state index in [1.165, 1.54) is 12.1 Å². The molecule has 1 atom stereocenters. The summed E-state index contributed by atoms with van der Waals surface area (Å²) < 4.78 is 32.4. The van der Waals surface area contributed by atoms with Gasteiger partial charge < -0.3 is 18.9 Å². The van der Waals surface area contributed by atoms with Crippen LogP contribution >= 0.6 is 0 Å². The molecule has 0 saturated carbocycles. The maximum atomic E-state index is 13.8. The SMILES string of the molecule is CCC(C)(C)n1nnnc1C(c1cc2cc3c(cc2[nH]c1=O)OCO3)N(Cc1ccc(F)cc1)Cc1ccco1. The summed E-state index contributed by atoms with van der Waals surface area (Å²) in [5, 5.41) is 13.6. The van der Waals surface area contributed by atoms with Crippen molar-refractivity contribution in [1.82, 2.24) is 30.1 Å². The Balaban J connectivity index is 1.55. The predicted octanol–water partition coefficient (Wildman–Crippen LogP) is 4.91. The first-order chi connectivity index (χ1) is 19.3. The van der Waals surface area contributed by atoms with Gasteiger partial charge in [-0.2, -0.15) is 0 Å². The van der Waals surface area contributed by atoms with E-state index in [9.17, 15) is 9.18 Å². The van der Waals surface area contributed by atoms with Crippen molar-refractivity contribution >= 4 is 10.9 Å². The van der Waals surface area contributed by atoms with Crippen LogP contribution in [0.3, 0.4) is 0 Å². The van der Waals surface area contributed by atoms with Crippen LogP contribution < -0.4 is 15.0 Å². The lowest BCUT2D eigenvalue weighted by Crippen LogP contribution is -2.38. The lowest BCUT2D eigenvalue weighted by molar-refractivity contribution is 0.168. The molecule has 10 nitrogen and oxygen atoms in total. The Bertz CT molecular complexity index is 1690. The monoisotopic (exact) mass is 544 g/mol. The van der Waals surface area contributed by atoms with Crippen molar-refractivity contribution in [2.75, 3.05) is 6.79 Å². The van der Waals surface area contributed by atoms with Crippen LogP contribution in [-0.2, 0) is 18.6 Å². The number of aromatic nitrogens is 5. The largest absolute Gasteiger partial charge is 0.468 e. The highest BCUT2D eigenvalue weighted by molar-refractivity contribution is 5.83. The highest BCUT2D eigenvalue weighted by Gasteiger charge is 2.35. The summed E-state index contributed by atoms with van der Waals surface area (Å²) in [5.41, 5.74) is 1.21. The molecule has 0 aliphatic carbocycles. The number of hydrogen-bond donors (Lipinski definition) is 1. The number of benzene rings is 2. The molecular formula is C29H29FN6O4. The normalized spacial score (nSPS) is 13.8. The summed E-state index contributed by atoms with van der Waals surface area (Å²) in [6.45, 7) is 6.99. The van der Waals surface area contributed by atoms with Gasteiger partial charge in [0.15, 0.2) is 17.3 Å². The summed E-state index contributed by atoms with van der Waals surface area (Å²) in [7, 11) is 0. The van der Waals surface area contributed by atoms with Crippen LogP contribution in [0, 0.1) is 5.82 Å². The summed E-state index contributed by atoms with van der Waals surface area (Å²) in [4.78, 5) is 18.9. The quantitative estimate of drug-likeness (QED) is 0.279. The molecule has 0 radical (unpaired) electrons. The van der Waals surface area contributed by atoms with Crippen LogP contribution in [0.2, 0.25) is 0 Å². The molecule has 6 rings (SSSR count). The molecule has 206 valence electrons. The Kier molecular flexibility index (Phi) is 6.59. The van der Waals surface area contributed by atoms with E-state index in [-0.39, 0.29) is 18.2 Å². The number of ether oxygens (including phenoxy) is 2. The highest BCUT2D eigenvalue weighted by atomic mass is 19.1. The lowest BCUT2D eigenvalue weighted by atomic mass is 9.98. The first kappa shape index (κ1) is 25.8. The van der Waals surface area contributed by atoms with Crippen molar-refractivity contribution in [2.45, 2.75) is 51.9 Å². The van der Waals surface area contributed by atoms with E-state index < -0.39 is 11.6 Å². The summed E-state index contributed by atoms with van der Waals surface area (Å²) in [5.74, 6) is 2.07. The molecule has 0 spiro atoms. The summed E-state index contributed by atoms with van der Waals surface area (Å²) in [6, 6.07) is 14.8. The highest BCUT2D eigenvalue weighted by Crippen LogP contribution is 2.37. The van der Waals surface area contributed by atoms with Crippen molar-refractivity contribution in [1.29, 1.82) is 0 Å². The number of rotatable bonds is 9. The number of pyridine rings is 1. The topological polar surface area (TPSA) is 111 Å². The lowest BCUT2D eigenvalue weighted by Gasteiger charge is -2.33. The number of furan rings is 1. The van der Waals surface area contributed by atoms with Crippen LogP contribution in [0.5, 0.6) is 11.5 Å². The standard InChI is InChI=1S/C29H29FN6O4/c1-4-29(2,3)36-27(32-33-34-36)26(22-12-19-13-24-25(40-17-39-24)14-23(19)31-28(22)37)35(16-21-6-5-11-38-21)15-18-7-9-20(30)10-8-18/h5-14,26H,4,15-17H2,1-3H3,(H,31,37). The second kappa shape index (κ2) is 10.2.